The summed E-state index contributed by atoms with van der Waals surface area (Å²) in [6.45, 7) is 1.86. The molecule has 2 aromatic carbocycles. The molecule has 1 aliphatic heterocycles. The first-order valence-corrected chi connectivity index (χ1v) is 10.8. The fraction of sp³-hybridized carbons (Fsp3) is 0.278. The Morgan fingerprint density at radius 2 is 1.86 bits per heavy atom. The van der Waals surface area contributed by atoms with Crippen molar-refractivity contribution in [2.24, 2.45) is 0 Å². The lowest BCUT2D eigenvalue weighted by molar-refractivity contribution is -0.114. The van der Waals surface area contributed by atoms with E-state index < -0.39 is 22.5 Å². The van der Waals surface area contributed by atoms with E-state index in [1.165, 1.54) is 6.92 Å². The number of nitrogens with one attached hydrogen (secondary N) is 1. The first kappa shape index (κ1) is 20.6. The highest BCUT2D eigenvalue weighted by molar-refractivity contribution is 7.92. The Balaban J connectivity index is 1.87. The van der Waals surface area contributed by atoms with E-state index in [9.17, 15) is 13.2 Å². The van der Waals surface area contributed by atoms with E-state index in [1.807, 2.05) is 0 Å². The van der Waals surface area contributed by atoms with E-state index in [4.69, 9.17) is 32.7 Å². The quantitative estimate of drug-likeness (QED) is 0.735. The highest BCUT2D eigenvalue weighted by Gasteiger charge is 2.25. The van der Waals surface area contributed by atoms with Crippen LogP contribution < -0.4 is 19.1 Å². The highest BCUT2D eigenvalue weighted by Crippen LogP contribution is 2.35. The van der Waals surface area contributed by atoms with E-state index in [2.05, 4.69) is 5.32 Å². The monoisotopic (exact) mass is 444 g/mol. The van der Waals surface area contributed by atoms with Gasteiger partial charge in [0.15, 0.2) is 11.5 Å². The summed E-state index contributed by atoms with van der Waals surface area (Å²) in [5.74, 6) is 0.223. The second-order valence-electron chi connectivity index (χ2n) is 5.88. The number of halogens is 2. The predicted molar refractivity (Wildman–Crippen MR) is 109 cm³/mol. The number of ether oxygens (including phenoxy) is 2. The molecule has 1 N–H and O–H groups in total. The van der Waals surface area contributed by atoms with Gasteiger partial charge in [-0.25, -0.2) is 8.42 Å². The van der Waals surface area contributed by atoms with Crippen LogP contribution in [0.2, 0.25) is 10.0 Å². The molecule has 0 spiro atoms. The molecule has 3 rings (SSSR count). The van der Waals surface area contributed by atoms with Gasteiger partial charge < -0.3 is 14.8 Å². The lowest BCUT2D eigenvalue weighted by atomic mass is 10.2. The number of sulfonamides is 1. The molecule has 0 saturated carbocycles. The van der Waals surface area contributed by atoms with E-state index in [-0.39, 0.29) is 15.8 Å². The molecule has 0 saturated heterocycles. The van der Waals surface area contributed by atoms with Crippen LogP contribution >= 0.6 is 23.2 Å². The summed E-state index contributed by atoms with van der Waals surface area (Å²) < 4.78 is 37.2. The SMILES string of the molecule is CCS(=O)(=O)N(CC(=O)Nc1cccc(Cl)c1Cl)c1ccc2c(c1)OCCO2. The summed E-state index contributed by atoms with van der Waals surface area (Å²) in [6, 6.07) is 9.53. The van der Waals surface area contributed by atoms with Gasteiger partial charge in [-0.15, -0.1) is 0 Å². The standard InChI is InChI=1S/C18H18Cl2N2O5S/c1-2-28(24,25)22(12-6-7-15-16(10-12)27-9-8-26-15)11-17(23)21-14-5-3-4-13(19)18(14)20/h3-7,10H,2,8-9,11H2,1H3,(H,21,23). The molecule has 0 radical (unpaired) electrons. The highest BCUT2D eigenvalue weighted by atomic mass is 35.5. The van der Waals surface area contributed by atoms with Crippen LogP contribution in [0.15, 0.2) is 36.4 Å². The maximum absolute atomic E-state index is 12.6. The van der Waals surface area contributed by atoms with Crippen LogP contribution in [0.5, 0.6) is 11.5 Å². The lowest BCUT2D eigenvalue weighted by Gasteiger charge is -2.25. The number of carbonyl (C=O) groups excluding carboxylic acids is 1. The molecule has 1 amide bonds. The van der Waals surface area contributed by atoms with Crippen molar-refractivity contribution in [3.05, 3.63) is 46.4 Å². The van der Waals surface area contributed by atoms with E-state index in [0.29, 0.717) is 36.1 Å². The van der Waals surface area contributed by atoms with E-state index in [1.54, 1.807) is 36.4 Å². The molecule has 0 bridgehead atoms. The Hall–Kier alpha value is -2.16. The van der Waals surface area contributed by atoms with E-state index in [0.717, 1.165) is 4.31 Å². The molecule has 1 aliphatic rings. The number of nitrogens with zero attached hydrogens (tertiary/aromatic N) is 1. The van der Waals surface area contributed by atoms with Crippen LogP contribution in [0.1, 0.15) is 6.92 Å². The predicted octanol–water partition coefficient (Wildman–Crippen LogP) is 3.56. The van der Waals surface area contributed by atoms with Crippen LogP contribution in [0.4, 0.5) is 11.4 Å². The molecule has 0 aromatic heterocycles. The molecule has 0 unspecified atom stereocenters. The number of hydrogen-bond donors (Lipinski definition) is 1. The van der Waals surface area contributed by atoms with Crippen LogP contribution in [0.3, 0.4) is 0 Å². The second kappa shape index (κ2) is 8.46. The van der Waals surface area contributed by atoms with E-state index >= 15 is 0 Å². The van der Waals surface area contributed by atoms with Gasteiger partial charge in [-0.1, -0.05) is 29.3 Å². The van der Waals surface area contributed by atoms with Crippen LogP contribution in [0.25, 0.3) is 0 Å². The minimum Gasteiger partial charge on any atom is -0.486 e. The number of anilines is 2. The van der Waals surface area contributed by atoms with Crippen molar-refractivity contribution in [2.45, 2.75) is 6.92 Å². The molecule has 0 atom stereocenters. The second-order valence-corrected chi connectivity index (χ2v) is 8.85. The maximum Gasteiger partial charge on any atom is 0.245 e. The number of carbonyl (C=O) groups is 1. The number of rotatable bonds is 6. The average molecular weight is 445 g/mol. The third-order valence-corrected chi connectivity index (χ3v) is 6.59. The van der Waals surface area contributed by atoms with Gasteiger partial charge in [-0.2, -0.15) is 0 Å². The molecule has 7 nitrogen and oxygen atoms in total. The summed E-state index contributed by atoms with van der Waals surface area (Å²) in [5, 5.41) is 3.06. The number of fused-ring (bicyclic) bond motifs is 1. The van der Waals surface area contributed by atoms with Crippen molar-refractivity contribution in [3.8, 4) is 11.5 Å². The van der Waals surface area contributed by atoms with Gasteiger partial charge in [0.1, 0.15) is 19.8 Å². The number of benzene rings is 2. The number of hydrogen-bond acceptors (Lipinski definition) is 5. The first-order chi connectivity index (χ1) is 13.3. The summed E-state index contributed by atoms with van der Waals surface area (Å²) >= 11 is 12.0. The largest absolute Gasteiger partial charge is 0.486 e. The van der Waals surface area contributed by atoms with Gasteiger partial charge in [0, 0.05) is 6.07 Å². The Labute approximate surface area is 173 Å². The zero-order valence-electron chi connectivity index (χ0n) is 14.9. The normalized spacial score (nSPS) is 13.1. The minimum atomic E-state index is -3.73. The molecule has 28 heavy (non-hydrogen) atoms. The summed E-state index contributed by atoms with van der Waals surface area (Å²) in [4.78, 5) is 12.5. The van der Waals surface area contributed by atoms with Gasteiger partial charge in [-0.3, -0.25) is 9.10 Å². The number of amides is 1. The van der Waals surface area contributed by atoms with Gasteiger partial charge in [0.25, 0.3) is 0 Å². The zero-order valence-corrected chi connectivity index (χ0v) is 17.3. The summed E-state index contributed by atoms with van der Waals surface area (Å²) in [7, 11) is -3.73. The fourth-order valence-electron chi connectivity index (χ4n) is 2.61. The molecule has 10 heteroatoms. The molecular formula is C18H18Cl2N2O5S. The Morgan fingerprint density at radius 1 is 1.14 bits per heavy atom. The Bertz CT molecular complexity index is 997. The molecule has 1 heterocycles. The van der Waals surface area contributed by atoms with Crippen LogP contribution in [-0.4, -0.2) is 39.8 Å². The topological polar surface area (TPSA) is 84.9 Å². The van der Waals surface area contributed by atoms with Crippen molar-refractivity contribution >= 4 is 50.5 Å². The maximum atomic E-state index is 12.6. The van der Waals surface area contributed by atoms with Gasteiger partial charge >= 0.3 is 0 Å². The zero-order chi connectivity index (χ0) is 20.3. The van der Waals surface area contributed by atoms with Gasteiger partial charge in [0.2, 0.25) is 15.9 Å². The molecule has 0 fully saturated rings. The minimum absolute atomic E-state index is 0.174. The third kappa shape index (κ3) is 4.45. The van der Waals surface area contributed by atoms with Gasteiger partial charge in [0.05, 0.1) is 27.2 Å². The molecule has 2 aromatic rings. The van der Waals surface area contributed by atoms with Crippen molar-refractivity contribution in [2.75, 3.05) is 35.1 Å². The molecule has 150 valence electrons. The van der Waals surface area contributed by atoms with Crippen molar-refractivity contribution in [1.29, 1.82) is 0 Å². The van der Waals surface area contributed by atoms with Gasteiger partial charge in [-0.05, 0) is 31.2 Å². The smallest absolute Gasteiger partial charge is 0.245 e. The van der Waals surface area contributed by atoms with Crippen molar-refractivity contribution < 1.29 is 22.7 Å². The summed E-state index contributed by atoms with van der Waals surface area (Å²) in [5.41, 5.74) is 0.605. The lowest BCUT2D eigenvalue weighted by Crippen LogP contribution is -2.39. The fourth-order valence-corrected chi connectivity index (χ4v) is 4.02. The molecular weight excluding hydrogens is 427 g/mol. The average Bonchev–Trinajstić information content (AvgIpc) is 2.69. The Morgan fingerprint density at radius 3 is 2.57 bits per heavy atom. The summed E-state index contributed by atoms with van der Waals surface area (Å²) in [6.07, 6.45) is 0. The van der Waals surface area contributed by atoms with Crippen molar-refractivity contribution in [1.82, 2.24) is 0 Å². The Kier molecular flexibility index (Phi) is 6.22. The van der Waals surface area contributed by atoms with Crippen LogP contribution in [0, 0.1) is 0 Å². The first-order valence-electron chi connectivity index (χ1n) is 8.45. The van der Waals surface area contributed by atoms with Crippen LogP contribution in [-0.2, 0) is 14.8 Å². The van der Waals surface area contributed by atoms with Crippen molar-refractivity contribution in [3.63, 3.8) is 0 Å². The third-order valence-electron chi connectivity index (χ3n) is 4.03. The molecule has 0 aliphatic carbocycles.